The summed E-state index contributed by atoms with van der Waals surface area (Å²) in [5.74, 6) is 0.0467. The maximum Gasteiger partial charge on any atom is 0.189 e. The third-order valence-corrected chi connectivity index (χ3v) is 4.23. The van der Waals surface area contributed by atoms with Crippen LogP contribution in [0.4, 0.5) is 0 Å². The predicted molar refractivity (Wildman–Crippen MR) is 70.0 cm³/mol. The largest absolute Gasteiger partial charge is 0.361 e. The van der Waals surface area contributed by atoms with Gasteiger partial charge < -0.3 is 4.74 Å². The third-order valence-electron chi connectivity index (χ3n) is 2.99. The lowest BCUT2D eigenvalue weighted by Crippen LogP contribution is -2.49. The van der Waals surface area contributed by atoms with E-state index in [1.807, 2.05) is 11.8 Å². The summed E-state index contributed by atoms with van der Waals surface area (Å²) in [5, 5.41) is 8.85. The smallest absolute Gasteiger partial charge is 0.189 e. The van der Waals surface area contributed by atoms with Crippen molar-refractivity contribution in [3.8, 4) is 6.07 Å². The topological polar surface area (TPSA) is 53.3 Å². The Morgan fingerprint density at radius 3 is 3.11 bits per heavy atom. The molecule has 2 rings (SSSR count). The summed E-state index contributed by atoms with van der Waals surface area (Å²) < 4.78 is 5.88. The fraction of sp³-hybridized carbons (Fsp3) is 0.500. The maximum atomic E-state index is 12.2. The Hall–Kier alpha value is -0.930. The van der Waals surface area contributed by atoms with Crippen molar-refractivity contribution in [2.45, 2.75) is 19.1 Å². The highest BCUT2D eigenvalue weighted by Gasteiger charge is 2.28. The van der Waals surface area contributed by atoms with Crippen LogP contribution in [0.5, 0.6) is 0 Å². The highest BCUT2D eigenvalue weighted by atomic mass is 35.5. The molecule has 18 heavy (non-hydrogen) atoms. The highest BCUT2D eigenvalue weighted by Crippen LogP contribution is 2.24. The van der Waals surface area contributed by atoms with Gasteiger partial charge in [0.15, 0.2) is 11.9 Å². The zero-order valence-corrected chi connectivity index (χ0v) is 11.5. The molecule has 4 nitrogen and oxygen atoms in total. The van der Waals surface area contributed by atoms with Crippen LogP contribution >= 0.6 is 22.9 Å². The predicted octanol–water partition coefficient (Wildman–Crippen LogP) is 2.20. The van der Waals surface area contributed by atoms with Gasteiger partial charge in [-0.15, -0.1) is 11.3 Å². The van der Waals surface area contributed by atoms with Crippen molar-refractivity contribution in [1.29, 1.82) is 5.26 Å². The van der Waals surface area contributed by atoms with Gasteiger partial charge in [0.1, 0.15) is 0 Å². The number of thiophene rings is 1. The minimum absolute atomic E-state index is 0.0467. The molecule has 0 aromatic carbocycles. The summed E-state index contributed by atoms with van der Waals surface area (Å²) >= 11 is 7.12. The van der Waals surface area contributed by atoms with E-state index in [1.165, 1.54) is 11.3 Å². The van der Waals surface area contributed by atoms with Crippen LogP contribution in [0.2, 0.25) is 4.34 Å². The molecule has 1 aromatic heterocycles. The van der Waals surface area contributed by atoms with Gasteiger partial charge in [0, 0.05) is 13.1 Å². The zero-order chi connectivity index (χ0) is 13.1. The molecule has 0 spiro atoms. The van der Waals surface area contributed by atoms with E-state index in [0.717, 1.165) is 0 Å². The fourth-order valence-corrected chi connectivity index (χ4v) is 2.98. The van der Waals surface area contributed by atoms with Crippen LogP contribution in [0.25, 0.3) is 0 Å². The van der Waals surface area contributed by atoms with Gasteiger partial charge in [-0.1, -0.05) is 11.6 Å². The average Bonchev–Trinajstić information content (AvgIpc) is 2.83. The number of hydrogen-bond acceptors (Lipinski definition) is 5. The molecule has 0 bridgehead atoms. The molecule has 96 valence electrons. The fourth-order valence-electron chi connectivity index (χ4n) is 1.92. The number of carbonyl (C=O) groups excluding carboxylic acids is 1. The van der Waals surface area contributed by atoms with E-state index in [2.05, 4.69) is 6.07 Å². The number of hydrogen-bond donors (Lipinski definition) is 0. The number of halogens is 1. The summed E-state index contributed by atoms with van der Waals surface area (Å²) in [5.41, 5.74) is 0. The number of carbonyl (C=O) groups is 1. The molecule has 0 aliphatic carbocycles. The van der Waals surface area contributed by atoms with Gasteiger partial charge in [-0.2, -0.15) is 5.26 Å². The van der Waals surface area contributed by atoms with Gasteiger partial charge in [0.05, 0.1) is 27.9 Å². The lowest BCUT2D eigenvalue weighted by Gasteiger charge is -2.33. The van der Waals surface area contributed by atoms with Crippen molar-refractivity contribution in [1.82, 2.24) is 4.90 Å². The van der Waals surface area contributed by atoms with Gasteiger partial charge in [-0.3, -0.25) is 9.69 Å². The monoisotopic (exact) mass is 284 g/mol. The number of nitriles is 1. The first-order valence-corrected chi connectivity index (χ1v) is 6.86. The minimum atomic E-state index is -0.444. The summed E-state index contributed by atoms with van der Waals surface area (Å²) in [6.07, 6.45) is -0.444. The second-order valence-electron chi connectivity index (χ2n) is 4.13. The standard InChI is InChI=1S/C12H13ClN2O2S/c1-8(12(16)10-2-3-11(13)18-10)15-4-5-17-9(6-14)7-15/h2-3,8-9H,4-5,7H2,1H3. The van der Waals surface area contributed by atoms with E-state index in [9.17, 15) is 4.79 Å². The molecule has 6 heteroatoms. The molecule has 1 aliphatic rings. The molecule has 1 saturated heterocycles. The minimum Gasteiger partial charge on any atom is -0.361 e. The molecule has 1 fully saturated rings. The van der Waals surface area contributed by atoms with Crippen LogP contribution in [-0.2, 0) is 4.74 Å². The Kier molecular flexibility index (Phi) is 4.36. The molecular weight excluding hydrogens is 272 g/mol. The second-order valence-corrected chi connectivity index (χ2v) is 5.84. The summed E-state index contributed by atoms with van der Waals surface area (Å²) in [4.78, 5) is 14.9. The molecule has 0 radical (unpaired) electrons. The maximum absolute atomic E-state index is 12.2. The van der Waals surface area contributed by atoms with Crippen molar-refractivity contribution in [3.05, 3.63) is 21.3 Å². The van der Waals surface area contributed by atoms with Crippen LogP contribution in [0.1, 0.15) is 16.6 Å². The lowest BCUT2D eigenvalue weighted by molar-refractivity contribution is -0.0108. The van der Waals surface area contributed by atoms with Gasteiger partial charge >= 0.3 is 0 Å². The molecule has 2 unspecified atom stereocenters. The Morgan fingerprint density at radius 1 is 1.72 bits per heavy atom. The van der Waals surface area contributed by atoms with Crippen molar-refractivity contribution < 1.29 is 9.53 Å². The number of Topliss-reactive ketones (excluding diaryl/α,β-unsaturated/α-hetero) is 1. The van der Waals surface area contributed by atoms with E-state index in [4.69, 9.17) is 21.6 Å². The molecule has 2 atom stereocenters. The molecule has 0 saturated carbocycles. The van der Waals surface area contributed by atoms with Crippen molar-refractivity contribution in [3.63, 3.8) is 0 Å². The van der Waals surface area contributed by atoms with E-state index >= 15 is 0 Å². The first-order valence-electron chi connectivity index (χ1n) is 5.66. The number of morpholine rings is 1. The van der Waals surface area contributed by atoms with Crippen LogP contribution < -0.4 is 0 Å². The van der Waals surface area contributed by atoms with Gasteiger partial charge in [0.25, 0.3) is 0 Å². The SMILES string of the molecule is CC(C(=O)c1ccc(Cl)s1)N1CCOC(C#N)C1. The van der Waals surface area contributed by atoms with Gasteiger partial charge in [0.2, 0.25) is 0 Å². The molecule has 2 heterocycles. The van der Waals surface area contributed by atoms with E-state index in [1.54, 1.807) is 12.1 Å². The first-order chi connectivity index (χ1) is 8.61. The van der Waals surface area contributed by atoms with E-state index in [-0.39, 0.29) is 11.8 Å². The Labute approximate surface area is 115 Å². The summed E-state index contributed by atoms with van der Waals surface area (Å²) in [7, 11) is 0. The zero-order valence-electron chi connectivity index (χ0n) is 9.93. The average molecular weight is 285 g/mol. The summed E-state index contributed by atoms with van der Waals surface area (Å²) in [6.45, 7) is 3.49. The van der Waals surface area contributed by atoms with E-state index in [0.29, 0.717) is 28.9 Å². The number of ketones is 1. The lowest BCUT2D eigenvalue weighted by atomic mass is 10.1. The van der Waals surface area contributed by atoms with Crippen LogP contribution in [0, 0.1) is 11.3 Å². The van der Waals surface area contributed by atoms with E-state index < -0.39 is 6.10 Å². The van der Waals surface area contributed by atoms with Gasteiger partial charge in [-0.25, -0.2) is 0 Å². The Balaban J connectivity index is 2.04. The second kappa shape index (κ2) is 5.81. The molecule has 1 aromatic rings. The normalized spacial score (nSPS) is 22.4. The quantitative estimate of drug-likeness (QED) is 0.799. The summed E-state index contributed by atoms with van der Waals surface area (Å²) in [6, 6.07) is 5.30. The first kappa shape index (κ1) is 13.5. The number of ether oxygens (including phenoxy) is 1. The number of nitrogens with zero attached hydrogens (tertiary/aromatic N) is 2. The number of rotatable bonds is 3. The Bertz CT molecular complexity index is 483. The Morgan fingerprint density at radius 2 is 2.50 bits per heavy atom. The third kappa shape index (κ3) is 2.90. The highest BCUT2D eigenvalue weighted by molar-refractivity contribution is 7.18. The van der Waals surface area contributed by atoms with Crippen molar-refractivity contribution in [2.24, 2.45) is 0 Å². The molecule has 0 amide bonds. The van der Waals surface area contributed by atoms with Crippen LogP contribution in [-0.4, -0.2) is 42.5 Å². The van der Waals surface area contributed by atoms with Crippen molar-refractivity contribution in [2.75, 3.05) is 19.7 Å². The van der Waals surface area contributed by atoms with Crippen LogP contribution in [0.3, 0.4) is 0 Å². The van der Waals surface area contributed by atoms with Crippen LogP contribution in [0.15, 0.2) is 12.1 Å². The van der Waals surface area contributed by atoms with Crippen molar-refractivity contribution >= 4 is 28.7 Å². The molecule has 0 N–H and O–H groups in total. The van der Waals surface area contributed by atoms with Gasteiger partial charge in [-0.05, 0) is 19.1 Å². The molecule has 1 aliphatic heterocycles. The molecular formula is C12H13ClN2O2S.